The van der Waals surface area contributed by atoms with Crippen LogP contribution in [-0.4, -0.2) is 74.6 Å². The second-order valence-electron chi connectivity index (χ2n) is 10.0. The van der Waals surface area contributed by atoms with Gasteiger partial charge in [0.15, 0.2) is 0 Å². The maximum atomic E-state index is 12.4. The third-order valence-electron chi connectivity index (χ3n) is 7.19. The van der Waals surface area contributed by atoms with Gasteiger partial charge in [0.1, 0.15) is 12.7 Å². The Hall–Kier alpha value is -1.99. The van der Waals surface area contributed by atoms with Crippen LogP contribution in [0, 0.1) is 0 Å². The molecular weight excluding hydrogens is 579 g/mol. The second kappa shape index (κ2) is 13.3. The fraction of sp³-hybridized carbons (Fsp3) is 0.556. The lowest BCUT2D eigenvalue weighted by molar-refractivity contribution is -0.190. The van der Waals surface area contributed by atoms with Gasteiger partial charge in [-0.15, -0.1) is 0 Å². The number of sulfonamides is 1. The van der Waals surface area contributed by atoms with E-state index in [-0.39, 0.29) is 11.4 Å². The van der Waals surface area contributed by atoms with Crippen molar-refractivity contribution in [3.8, 4) is 0 Å². The number of rotatable bonds is 11. The lowest BCUT2D eigenvalue weighted by Gasteiger charge is -2.30. The van der Waals surface area contributed by atoms with E-state index in [2.05, 4.69) is 14.7 Å². The van der Waals surface area contributed by atoms with Crippen molar-refractivity contribution in [3.05, 3.63) is 64.4 Å². The Kier molecular flexibility index (Phi) is 9.83. The Balaban J connectivity index is 1.11. The Morgan fingerprint density at radius 1 is 1.23 bits per heavy atom. The van der Waals surface area contributed by atoms with Crippen LogP contribution in [0.3, 0.4) is 0 Å². The summed E-state index contributed by atoms with van der Waals surface area (Å²) in [5, 5.41) is 0.625. The quantitative estimate of drug-likeness (QED) is 0.380. The molecule has 218 valence electrons. The fourth-order valence-electron chi connectivity index (χ4n) is 5.06. The van der Waals surface area contributed by atoms with Gasteiger partial charge in [0, 0.05) is 61.3 Å². The molecule has 1 aliphatic carbocycles. The summed E-state index contributed by atoms with van der Waals surface area (Å²) >= 11 is 12.7. The van der Waals surface area contributed by atoms with Crippen molar-refractivity contribution in [2.45, 2.75) is 55.8 Å². The summed E-state index contributed by atoms with van der Waals surface area (Å²) < 4.78 is 53.4. The predicted molar refractivity (Wildman–Crippen MR) is 152 cm³/mol. The average molecular weight is 614 g/mol. The van der Waals surface area contributed by atoms with Crippen LogP contribution in [0.2, 0.25) is 10.0 Å². The molecule has 1 aromatic carbocycles. The number of benzene rings is 1. The lowest BCUT2D eigenvalue weighted by atomic mass is 10.0. The number of nitrogens with one attached hydrogen (secondary N) is 1. The number of halogens is 2. The zero-order valence-electron chi connectivity index (χ0n) is 22.1. The molecule has 5 rings (SSSR count). The molecule has 0 amide bonds. The summed E-state index contributed by atoms with van der Waals surface area (Å²) in [6.07, 6.45) is 10.2. The number of aromatic nitrogens is 2. The van der Waals surface area contributed by atoms with E-state index in [0.29, 0.717) is 80.9 Å². The molecule has 2 aliphatic heterocycles. The summed E-state index contributed by atoms with van der Waals surface area (Å²) in [5.74, 6) is -0.205. The van der Waals surface area contributed by atoms with Crippen molar-refractivity contribution in [2.24, 2.45) is 4.99 Å². The molecule has 0 radical (unpaired) electrons. The molecule has 2 unspecified atom stereocenters. The summed E-state index contributed by atoms with van der Waals surface area (Å²) in [6, 6.07) is 5.27. The molecule has 1 aromatic heterocycles. The number of imidazole rings is 1. The Morgan fingerprint density at radius 3 is 2.80 bits per heavy atom. The van der Waals surface area contributed by atoms with Gasteiger partial charge in [-0.25, -0.2) is 18.1 Å². The SMILES string of the molecule is O=S(=O)(NCCN=C1CC=C(OCC2COC(Cn3ccnc3)(c3ccc(Cl)cc3Cl)O2)CC1)C1CCOCC1. The molecule has 3 heterocycles. The predicted octanol–water partition coefficient (Wildman–Crippen LogP) is 4.08. The van der Waals surface area contributed by atoms with Gasteiger partial charge in [0.2, 0.25) is 15.8 Å². The van der Waals surface area contributed by atoms with Gasteiger partial charge in [-0.3, -0.25) is 4.99 Å². The molecule has 1 N–H and O–H groups in total. The van der Waals surface area contributed by atoms with Crippen molar-refractivity contribution >= 4 is 38.9 Å². The minimum Gasteiger partial charge on any atom is -0.495 e. The highest BCUT2D eigenvalue weighted by atomic mass is 35.5. The van der Waals surface area contributed by atoms with Gasteiger partial charge in [-0.1, -0.05) is 29.3 Å². The van der Waals surface area contributed by atoms with Crippen LogP contribution in [0.1, 0.15) is 37.7 Å². The number of hydrogen-bond donors (Lipinski definition) is 1. The average Bonchev–Trinajstić information content (AvgIpc) is 3.62. The minimum absolute atomic E-state index is 0.296. The Labute approximate surface area is 244 Å². The van der Waals surface area contributed by atoms with Crippen LogP contribution in [0.5, 0.6) is 0 Å². The van der Waals surface area contributed by atoms with Gasteiger partial charge in [-0.05, 0) is 37.5 Å². The first-order valence-corrected chi connectivity index (χ1v) is 15.8. The van der Waals surface area contributed by atoms with Crippen molar-refractivity contribution in [3.63, 3.8) is 0 Å². The van der Waals surface area contributed by atoms with Crippen molar-refractivity contribution in [1.82, 2.24) is 14.3 Å². The Bertz CT molecular complexity index is 1310. The molecule has 2 fully saturated rings. The molecule has 40 heavy (non-hydrogen) atoms. The van der Waals surface area contributed by atoms with Gasteiger partial charge < -0.3 is 23.5 Å². The number of aliphatic imine (C=N–C) groups is 1. The van der Waals surface area contributed by atoms with Crippen molar-refractivity contribution in [2.75, 3.05) is 39.5 Å². The molecule has 2 aromatic rings. The van der Waals surface area contributed by atoms with Crippen LogP contribution in [0.25, 0.3) is 0 Å². The summed E-state index contributed by atoms with van der Waals surface area (Å²) in [5.41, 5.74) is 1.73. The smallest absolute Gasteiger partial charge is 0.215 e. The highest BCUT2D eigenvalue weighted by Gasteiger charge is 2.45. The van der Waals surface area contributed by atoms with Crippen LogP contribution in [0.15, 0.2) is 53.7 Å². The van der Waals surface area contributed by atoms with Gasteiger partial charge in [0.25, 0.3) is 0 Å². The van der Waals surface area contributed by atoms with Crippen molar-refractivity contribution in [1.29, 1.82) is 0 Å². The molecule has 0 bridgehead atoms. The maximum Gasteiger partial charge on any atom is 0.215 e. The monoisotopic (exact) mass is 612 g/mol. The zero-order valence-corrected chi connectivity index (χ0v) is 24.5. The highest BCUT2D eigenvalue weighted by molar-refractivity contribution is 7.90. The van der Waals surface area contributed by atoms with Gasteiger partial charge in [-0.2, -0.15) is 0 Å². The molecule has 3 aliphatic rings. The zero-order chi connectivity index (χ0) is 28.0. The van der Waals surface area contributed by atoms with Crippen LogP contribution in [0.4, 0.5) is 0 Å². The molecular formula is C27H34Cl2N4O6S. The van der Waals surface area contributed by atoms with Crippen molar-refractivity contribution < 1.29 is 27.4 Å². The summed E-state index contributed by atoms with van der Waals surface area (Å²) in [7, 11) is -3.33. The molecule has 10 nitrogen and oxygen atoms in total. The third-order valence-corrected chi connectivity index (χ3v) is 9.69. The summed E-state index contributed by atoms with van der Waals surface area (Å²) in [6.45, 7) is 2.76. The van der Waals surface area contributed by atoms with E-state index in [4.69, 9.17) is 42.1 Å². The van der Waals surface area contributed by atoms with E-state index in [9.17, 15) is 8.42 Å². The molecule has 2 saturated heterocycles. The topological polar surface area (TPSA) is 113 Å². The normalized spacial score (nSPS) is 25.3. The van der Waals surface area contributed by atoms with Crippen LogP contribution in [-0.2, 0) is 41.3 Å². The van der Waals surface area contributed by atoms with E-state index < -0.39 is 15.8 Å². The first-order valence-electron chi connectivity index (χ1n) is 13.5. The maximum absolute atomic E-state index is 12.4. The van der Waals surface area contributed by atoms with E-state index in [1.165, 1.54) is 0 Å². The number of ether oxygens (including phenoxy) is 4. The van der Waals surface area contributed by atoms with Crippen LogP contribution < -0.4 is 4.72 Å². The Morgan fingerprint density at radius 2 is 2.08 bits per heavy atom. The highest BCUT2D eigenvalue weighted by Crippen LogP contribution is 2.40. The molecule has 13 heteroatoms. The first kappa shape index (κ1) is 29.5. The number of nitrogens with zero attached hydrogens (tertiary/aromatic N) is 3. The van der Waals surface area contributed by atoms with Gasteiger partial charge >= 0.3 is 0 Å². The van der Waals surface area contributed by atoms with Gasteiger partial charge in [0.05, 0.1) is 42.1 Å². The number of hydrogen-bond acceptors (Lipinski definition) is 8. The minimum atomic E-state index is -3.33. The lowest BCUT2D eigenvalue weighted by Crippen LogP contribution is -2.39. The van der Waals surface area contributed by atoms with E-state index in [1.54, 1.807) is 24.7 Å². The molecule has 2 atom stereocenters. The van der Waals surface area contributed by atoms with E-state index in [0.717, 1.165) is 24.3 Å². The van der Waals surface area contributed by atoms with Crippen LogP contribution >= 0.6 is 23.2 Å². The largest absolute Gasteiger partial charge is 0.495 e. The standard InChI is InChI=1S/C27H34Cl2N4O6S/c28-20-1-6-25(26(29)15-20)27(18-33-12-11-30-19-33)38-17-23(39-27)16-37-22-4-2-21(3-5-22)31-9-10-32-40(34,35)24-7-13-36-14-8-24/h1,4,6,11-12,15,19,23-24,32H,2-3,5,7-10,13-14,16-18H2. The first-order chi connectivity index (χ1) is 19.3. The molecule has 0 saturated carbocycles. The molecule has 0 spiro atoms. The van der Waals surface area contributed by atoms with E-state index in [1.807, 2.05) is 22.9 Å². The number of allylic oxidation sites excluding steroid dienone is 2. The second-order valence-corrected chi connectivity index (χ2v) is 12.9. The fourth-order valence-corrected chi connectivity index (χ4v) is 7.04. The third kappa shape index (κ3) is 7.44. The van der Waals surface area contributed by atoms with E-state index >= 15 is 0 Å². The summed E-state index contributed by atoms with van der Waals surface area (Å²) in [4.78, 5) is 8.72.